The molecule has 0 bridgehead atoms. The van der Waals surface area contributed by atoms with Gasteiger partial charge in [-0.15, -0.1) is 0 Å². The summed E-state index contributed by atoms with van der Waals surface area (Å²) in [6, 6.07) is 3.10. The van der Waals surface area contributed by atoms with Gasteiger partial charge < -0.3 is 24.9 Å². The van der Waals surface area contributed by atoms with E-state index in [-0.39, 0.29) is 24.5 Å². The molecule has 3 N–H and O–H groups in total. The first kappa shape index (κ1) is 28.6. The van der Waals surface area contributed by atoms with E-state index in [0.717, 1.165) is 32.2 Å². The Balaban J connectivity index is 2.12. The van der Waals surface area contributed by atoms with Crippen molar-refractivity contribution in [2.75, 3.05) is 20.3 Å². The summed E-state index contributed by atoms with van der Waals surface area (Å²) in [5.74, 6) is -6.67. The average Bonchev–Trinajstić information content (AvgIpc) is 3.06. The van der Waals surface area contributed by atoms with Crippen LogP contribution in [0.3, 0.4) is 0 Å². The lowest BCUT2D eigenvalue weighted by Gasteiger charge is -2.32. The number of pyridine rings is 1. The zero-order valence-electron chi connectivity index (χ0n) is 21.0. The molecule has 1 aliphatic rings. The Bertz CT molecular complexity index is 1230. The van der Waals surface area contributed by atoms with Gasteiger partial charge in [0.2, 0.25) is 11.7 Å². The minimum absolute atomic E-state index is 0.00396. The highest BCUT2D eigenvalue weighted by molar-refractivity contribution is 5.74. The van der Waals surface area contributed by atoms with E-state index >= 15 is 0 Å². The van der Waals surface area contributed by atoms with E-state index in [4.69, 9.17) is 19.9 Å². The standard InChI is InChI=1S/C25H29F5N2O5/c1-11(9-36-10-18(31)34)19-13(3)32-16(8-17(19)33)23-20(12(2)24(4,37-23)25(28,29)30)14-6-7-15(26)21(27)22(14)35-5/h6-8,11-12,20,23H,9-10H2,1-5H3,(H2,31,34)(H,32,33)/t11?,12-,20-,23-,24+/m0/s1. The van der Waals surface area contributed by atoms with Gasteiger partial charge in [-0.2, -0.15) is 17.6 Å². The van der Waals surface area contributed by atoms with Crippen molar-refractivity contribution in [3.8, 4) is 5.75 Å². The summed E-state index contributed by atoms with van der Waals surface area (Å²) in [5.41, 5.74) is 2.56. The highest BCUT2D eigenvalue weighted by atomic mass is 19.4. The molecule has 1 aromatic heterocycles. The number of H-pyrrole nitrogens is 1. The van der Waals surface area contributed by atoms with Crippen molar-refractivity contribution >= 4 is 5.91 Å². The zero-order valence-corrected chi connectivity index (χ0v) is 21.0. The van der Waals surface area contributed by atoms with Crippen LogP contribution in [-0.4, -0.2) is 43.0 Å². The number of aromatic amines is 1. The smallest absolute Gasteiger partial charge is 0.417 e. The molecule has 1 aliphatic heterocycles. The van der Waals surface area contributed by atoms with E-state index < -0.39 is 64.4 Å². The summed E-state index contributed by atoms with van der Waals surface area (Å²) in [6.07, 6.45) is -6.19. The molecule has 1 fully saturated rings. The molecule has 3 rings (SSSR count). The van der Waals surface area contributed by atoms with Gasteiger partial charge in [0.15, 0.2) is 22.6 Å². The Morgan fingerprint density at radius 1 is 1.30 bits per heavy atom. The number of carbonyl (C=O) groups excluding carboxylic acids is 1. The molecule has 37 heavy (non-hydrogen) atoms. The Morgan fingerprint density at radius 2 is 1.95 bits per heavy atom. The fraction of sp³-hybridized carbons (Fsp3) is 0.520. The first-order valence-corrected chi connectivity index (χ1v) is 11.5. The number of rotatable bonds is 8. The van der Waals surface area contributed by atoms with Crippen LogP contribution in [-0.2, 0) is 14.3 Å². The summed E-state index contributed by atoms with van der Waals surface area (Å²) in [4.78, 5) is 27.0. The summed E-state index contributed by atoms with van der Waals surface area (Å²) in [5, 5.41) is 0. The number of hydrogen-bond acceptors (Lipinski definition) is 5. The first-order chi connectivity index (χ1) is 17.1. The maximum atomic E-state index is 14.6. The van der Waals surface area contributed by atoms with Gasteiger partial charge in [0.05, 0.1) is 13.7 Å². The number of methoxy groups -OCH3 is 1. The highest BCUT2D eigenvalue weighted by Gasteiger charge is 2.65. The van der Waals surface area contributed by atoms with Gasteiger partial charge in [0, 0.05) is 46.3 Å². The van der Waals surface area contributed by atoms with E-state index in [1.807, 2.05) is 0 Å². The molecule has 2 heterocycles. The van der Waals surface area contributed by atoms with E-state index in [9.17, 15) is 31.5 Å². The summed E-state index contributed by atoms with van der Waals surface area (Å²) in [7, 11) is 1.09. The topological polar surface area (TPSA) is 104 Å². The van der Waals surface area contributed by atoms with Crippen molar-refractivity contribution in [1.82, 2.24) is 4.98 Å². The van der Waals surface area contributed by atoms with Crippen LogP contribution in [0.4, 0.5) is 22.0 Å². The van der Waals surface area contributed by atoms with Crippen molar-refractivity contribution in [1.29, 1.82) is 0 Å². The van der Waals surface area contributed by atoms with Gasteiger partial charge >= 0.3 is 6.18 Å². The largest absolute Gasteiger partial charge is 0.493 e. The predicted molar refractivity (Wildman–Crippen MR) is 123 cm³/mol. The lowest BCUT2D eigenvalue weighted by molar-refractivity contribution is -0.275. The van der Waals surface area contributed by atoms with Gasteiger partial charge in [-0.25, -0.2) is 4.39 Å². The molecular formula is C25H29F5N2O5. The maximum absolute atomic E-state index is 14.6. The van der Waals surface area contributed by atoms with Crippen molar-refractivity contribution in [3.05, 3.63) is 62.6 Å². The first-order valence-electron chi connectivity index (χ1n) is 11.5. The lowest BCUT2D eigenvalue weighted by atomic mass is 9.76. The van der Waals surface area contributed by atoms with E-state index in [0.29, 0.717) is 11.3 Å². The number of hydrogen-bond donors (Lipinski definition) is 2. The number of aromatic nitrogens is 1. The van der Waals surface area contributed by atoms with Crippen molar-refractivity contribution in [2.24, 2.45) is 11.7 Å². The molecule has 0 spiro atoms. The minimum atomic E-state index is -4.81. The molecule has 1 amide bonds. The number of halogens is 5. The normalized spacial score (nSPS) is 24.8. The van der Waals surface area contributed by atoms with E-state index in [2.05, 4.69) is 4.98 Å². The second kappa shape index (κ2) is 10.4. The lowest BCUT2D eigenvalue weighted by Crippen LogP contribution is -2.46. The van der Waals surface area contributed by atoms with Gasteiger partial charge in [-0.05, 0) is 19.9 Å². The molecule has 7 nitrogen and oxygen atoms in total. The number of carbonyl (C=O) groups is 1. The third kappa shape index (κ3) is 5.22. The molecule has 12 heteroatoms. The second-order valence-electron chi connectivity index (χ2n) is 9.45. The monoisotopic (exact) mass is 532 g/mol. The van der Waals surface area contributed by atoms with Crippen LogP contribution < -0.4 is 15.9 Å². The van der Waals surface area contributed by atoms with Gasteiger partial charge in [0.25, 0.3) is 0 Å². The zero-order chi connectivity index (χ0) is 27.9. The second-order valence-corrected chi connectivity index (χ2v) is 9.45. The van der Waals surface area contributed by atoms with Crippen LogP contribution in [0, 0.1) is 24.5 Å². The van der Waals surface area contributed by atoms with Crippen LogP contribution in [0.25, 0.3) is 0 Å². The third-order valence-corrected chi connectivity index (χ3v) is 7.01. The molecule has 1 unspecified atom stereocenters. The van der Waals surface area contributed by atoms with Gasteiger partial charge in [-0.3, -0.25) is 9.59 Å². The SMILES string of the molecule is COc1c([C@H]2[C@H](c3cc(=O)c(C(C)COCC(N)=O)c(C)[nH]3)O[C@@](C)(C(F)(F)F)[C@H]2C)ccc(F)c1F. The summed E-state index contributed by atoms with van der Waals surface area (Å²) >= 11 is 0. The van der Waals surface area contributed by atoms with Crippen LogP contribution in [0.15, 0.2) is 23.0 Å². The molecule has 0 radical (unpaired) electrons. The molecule has 0 aliphatic carbocycles. The minimum Gasteiger partial charge on any atom is -0.493 e. The van der Waals surface area contributed by atoms with E-state index in [1.54, 1.807) is 13.8 Å². The number of nitrogens with one attached hydrogen (secondary N) is 1. The van der Waals surface area contributed by atoms with Crippen molar-refractivity contribution in [2.45, 2.75) is 57.4 Å². The molecule has 5 atom stereocenters. The number of aryl methyl sites for hydroxylation is 1. The average molecular weight is 533 g/mol. The van der Waals surface area contributed by atoms with Crippen LogP contribution in [0.1, 0.15) is 61.2 Å². The number of ether oxygens (including phenoxy) is 3. The maximum Gasteiger partial charge on any atom is 0.417 e. The molecular weight excluding hydrogens is 503 g/mol. The molecule has 1 aromatic carbocycles. The van der Waals surface area contributed by atoms with Gasteiger partial charge in [0.1, 0.15) is 12.7 Å². The summed E-state index contributed by atoms with van der Waals surface area (Å²) in [6.45, 7) is 5.11. The molecule has 0 saturated carbocycles. The Kier molecular flexibility index (Phi) is 8.04. The summed E-state index contributed by atoms with van der Waals surface area (Å²) < 4.78 is 86.9. The number of benzene rings is 1. The van der Waals surface area contributed by atoms with Crippen LogP contribution >= 0.6 is 0 Å². The fourth-order valence-corrected chi connectivity index (χ4v) is 4.99. The van der Waals surface area contributed by atoms with E-state index in [1.165, 1.54) is 6.92 Å². The fourth-order valence-electron chi connectivity index (χ4n) is 4.99. The number of alkyl halides is 3. The number of nitrogens with two attached hydrogens (primary N) is 1. The molecule has 1 saturated heterocycles. The molecule has 2 aromatic rings. The predicted octanol–water partition coefficient (Wildman–Crippen LogP) is 4.39. The Morgan fingerprint density at radius 3 is 2.49 bits per heavy atom. The number of primary amides is 1. The Hall–Kier alpha value is -2.99. The van der Waals surface area contributed by atoms with Crippen molar-refractivity contribution < 1.29 is 41.0 Å². The highest BCUT2D eigenvalue weighted by Crippen LogP contribution is 2.59. The quantitative estimate of drug-likeness (QED) is 0.491. The molecule has 204 valence electrons. The third-order valence-electron chi connectivity index (χ3n) is 7.01. The van der Waals surface area contributed by atoms with Crippen molar-refractivity contribution in [3.63, 3.8) is 0 Å². The van der Waals surface area contributed by atoms with Gasteiger partial charge in [-0.1, -0.05) is 19.9 Å². The van der Waals surface area contributed by atoms with Crippen LogP contribution in [0.5, 0.6) is 5.75 Å². The Labute approximate surface area is 210 Å². The van der Waals surface area contributed by atoms with Crippen LogP contribution in [0.2, 0.25) is 0 Å². The number of amides is 1.